The Kier molecular flexibility index (Phi) is 4.63. The molecule has 100 valence electrons. The van der Waals surface area contributed by atoms with Crippen LogP contribution in [0.4, 0.5) is 8.78 Å². The first-order valence-electron chi connectivity index (χ1n) is 5.77. The standard InChI is InChI=1S/C14H13BrF2N2/c15-14-9(4-3-7-12(14)17)8-13(19-18)10-5-1-2-6-11(10)16/h1-7,13,19H,8,18H2. The predicted molar refractivity (Wildman–Crippen MR) is 74.3 cm³/mol. The first kappa shape index (κ1) is 14.1. The lowest BCUT2D eigenvalue weighted by Gasteiger charge is -2.18. The minimum atomic E-state index is -0.417. The summed E-state index contributed by atoms with van der Waals surface area (Å²) in [6.45, 7) is 0. The van der Waals surface area contributed by atoms with E-state index in [2.05, 4.69) is 21.4 Å². The van der Waals surface area contributed by atoms with E-state index in [1.807, 2.05) is 0 Å². The molecule has 0 saturated heterocycles. The normalized spacial score (nSPS) is 12.4. The Morgan fingerprint density at radius 3 is 2.42 bits per heavy atom. The van der Waals surface area contributed by atoms with Gasteiger partial charge in [0, 0.05) is 5.56 Å². The van der Waals surface area contributed by atoms with Crippen LogP contribution in [0.25, 0.3) is 0 Å². The quantitative estimate of drug-likeness (QED) is 0.667. The second-order valence-electron chi connectivity index (χ2n) is 4.16. The minimum absolute atomic E-state index is 0.335. The molecule has 0 aliphatic carbocycles. The van der Waals surface area contributed by atoms with Crippen LogP contribution in [0.3, 0.4) is 0 Å². The topological polar surface area (TPSA) is 38.0 Å². The van der Waals surface area contributed by atoms with E-state index in [9.17, 15) is 8.78 Å². The van der Waals surface area contributed by atoms with Crippen LogP contribution in [0.1, 0.15) is 17.2 Å². The smallest absolute Gasteiger partial charge is 0.137 e. The van der Waals surface area contributed by atoms with Gasteiger partial charge in [0.25, 0.3) is 0 Å². The molecule has 1 unspecified atom stereocenters. The zero-order valence-corrected chi connectivity index (χ0v) is 11.6. The molecule has 2 aromatic carbocycles. The number of nitrogens with one attached hydrogen (secondary N) is 1. The van der Waals surface area contributed by atoms with Crippen molar-refractivity contribution in [3.05, 3.63) is 69.7 Å². The van der Waals surface area contributed by atoms with Gasteiger partial charge in [0.1, 0.15) is 11.6 Å². The van der Waals surface area contributed by atoms with Crippen LogP contribution in [-0.4, -0.2) is 0 Å². The van der Waals surface area contributed by atoms with E-state index >= 15 is 0 Å². The summed E-state index contributed by atoms with van der Waals surface area (Å²) < 4.78 is 27.6. The maximum absolute atomic E-state index is 13.7. The maximum atomic E-state index is 13.7. The highest BCUT2D eigenvalue weighted by Crippen LogP contribution is 2.26. The fraction of sp³-hybridized carbons (Fsp3) is 0.143. The number of halogens is 3. The Labute approximate surface area is 118 Å². The second kappa shape index (κ2) is 6.23. The van der Waals surface area contributed by atoms with Gasteiger partial charge in [-0.2, -0.15) is 0 Å². The molecule has 0 spiro atoms. The maximum Gasteiger partial charge on any atom is 0.137 e. The molecular weight excluding hydrogens is 314 g/mol. The zero-order valence-electron chi connectivity index (χ0n) is 10.0. The van der Waals surface area contributed by atoms with Crippen LogP contribution in [0.5, 0.6) is 0 Å². The lowest BCUT2D eigenvalue weighted by Crippen LogP contribution is -2.30. The third-order valence-corrected chi connectivity index (χ3v) is 3.83. The van der Waals surface area contributed by atoms with Crippen molar-refractivity contribution in [1.29, 1.82) is 0 Å². The van der Waals surface area contributed by atoms with Crippen LogP contribution in [-0.2, 0) is 6.42 Å². The van der Waals surface area contributed by atoms with Crippen LogP contribution < -0.4 is 11.3 Å². The van der Waals surface area contributed by atoms with Crippen molar-refractivity contribution in [2.45, 2.75) is 12.5 Å². The van der Waals surface area contributed by atoms with E-state index in [0.717, 1.165) is 5.56 Å². The van der Waals surface area contributed by atoms with Crippen LogP contribution in [0.15, 0.2) is 46.9 Å². The fourth-order valence-electron chi connectivity index (χ4n) is 1.94. The van der Waals surface area contributed by atoms with Gasteiger partial charge in [-0.15, -0.1) is 0 Å². The van der Waals surface area contributed by atoms with Gasteiger partial charge in [-0.05, 0) is 40.0 Å². The molecule has 0 aliphatic rings. The Balaban J connectivity index is 2.30. The van der Waals surface area contributed by atoms with E-state index in [1.54, 1.807) is 30.3 Å². The van der Waals surface area contributed by atoms with Crippen molar-refractivity contribution in [3.63, 3.8) is 0 Å². The van der Waals surface area contributed by atoms with E-state index in [4.69, 9.17) is 5.84 Å². The Morgan fingerprint density at radius 2 is 1.74 bits per heavy atom. The van der Waals surface area contributed by atoms with Gasteiger partial charge in [0.15, 0.2) is 0 Å². The van der Waals surface area contributed by atoms with E-state index < -0.39 is 6.04 Å². The van der Waals surface area contributed by atoms with Crippen molar-refractivity contribution < 1.29 is 8.78 Å². The Morgan fingerprint density at radius 1 is 1.05 bits per heavy atom. The monoisotopic (exact) mass is 326 g/mol. The molecule has 2 nitrogen and oxygen atoms in total. The molecular formula is C14H13BrF2N2. The Bertz CT molecular complexity index is 575. The molecule has 0 radical (unpaired) electrons. The molecule has 0 heterocycles. The summed E-state index contributed by atoms with van der Waals surface area (Å²) in [5.41, 5.74) is 3.76. The molecule has 0 aliphatic heterocycles. The molecule has 5 heteroatoms. The van der Waals surface area contributed by atoms with Crippen molar-refractivity contribution in [2.24, 2.45) is 5.84 Å². The highest BCUT2D eigenvalue weighted by molar-refractivity contribution is 9.10. The lowest BCUT2D eigenvalue weighted by molar-refractivity contribution is 0.508. The zero-order chi connectivity index (χ0) is 13.8. The third-order valence-electron chi connectivity index (χ3n) is 2.94. The molecule has 0 aromatic heterocycles. The number of hydrazine groups is 1. The largest absolute Gasteiger partial charge is 0.271 e. The molecule has 0 saturated carbocycles. The summed E-state index contributed by atoms with van der Waals surface area (Å²) in [7, 11) is 0. The van der Waals surface area contributed by atoms with Gasteiger partial charge in [-0.3, -0.25) is 11.3 Å². The highest BCUT2D eigenvalue weighted by Gasteiger charge is 2.16. The summed E-state index contributed by atoms with van der Waals surface area (Å²) in [5, 5.41) is 0. The van der Waals surface area contributed by atoms with Crippen LogP contribution in [0.2, 0.25) is 0 Å². The van der Waals surface area contributed by atoms with Gasteiger partial charge < -0.3 is 0 Å². The molecule has 3 N–H and O–H groups in total. The summed E-state index contributed by atoms with van der Waals surface area (Å²) in [6, 6.07) is 10.7. The summed E-state index contributed by atoms with van der Waals surface area (Å²) in [4.78, 5) is 0. The van der Waals surface area contributed by atoms with E-state index in [-0.39, 0.29) is 11.6 Å². The average Bonchev–Trinajstić information content (AvgIpc) is 2.41. The third kappa shape index (κ3) is 3.18. The van der Waals surface area contributed by atoms with Crippen LogP contribution in [0, 0.1) is 11.6 Å². The number of benzene rings is 2. The average molecular weight is 327 g/mol. The first-order valence-corrected chi connectivity index (χ1v) is 6.56. The van der Waals surface area contributed by atoms with Crippen molar-refractivity contribution >= 4 is 15.9 Å². The molecule has 0 bridgehead atoms. The van der Waals surface area contributed by atoms with Gasteiger partial charge in [0.05, 0.1) is 10.5 Å². The molecule has 0 amide bonds. The predicted octanol–water partition coefficient (Wildman–Crippen LogP) is 3.47. The number of rotatable bonds is 4. The SMILES string of the molecule is NNC(Cc1cccc(F)c1Br)c1ccccc1F. The van der Waals surface area contributed by atoms with Crippen LogP contribution >= 0.6 is 15.9 Å². The second-order valence-corrected chi connectivity index (χ2v) is 4.95. The van der Waals surface area contributed by atoms with E-state index in [0.29, 0.717) is 16.5 Å². The van der Waals surface area contributed by atoms with Gasteiger partial charge in [-0.25, -0.2) is 8.78 Å². The lowest BCUT2D eigenvalue weighted by atomic mass is 9.99. The number of nitrogens with two attached hydrogens (primary N) is 1. The molecule has 2 aromatic rings. The van der Waals surface area contributed by atoms with Crippen molar-refractivity contribution in [2.75, 3.05) is 0 Å². The van der Waals surface area contributed by atoms with Crippen molar-refractivity contribution in [3.8, 4) is 0 Å². The fourth-order valence-corrected chi connectivity index (χ4v) is 2.37. The highest BCUT2D eigenvalue weighted by atomic mass is 79.9. The summed E-state index contributed by atoms with van der Waals surface area (Å²) in [6.07, 6.45) is 0.385. The Hall–Kier alpha value is -1.30. The number of hydrogen-bond donors (Lipinski definition) is 2. The first-order chi connectivity index (χ1) is 9.13. The van der Waals surface area contributed by atoms with Gasteiger partial charge in [0.2, 0.25) is 0 Å². The van der Waals surface area contributed by atoms with E-state index in [1.165, 1.54) is 12.1 Å². The molecule has 1 atom stereocenters. The van der Waals surface area contributed by atoms with Gasteiger partial charge >= 0.3 is 0 Å². The molecule has 0 fully saturated rings. The number of hydrogen-bond acceptors (Lipinski definition) is 2. The summed E-state index contributed by atoms with van der Waals surface area (Å²) >= 11 is 3.19. The summed E-state index contributed by atoms with van der Waals surface area (Å²) in [5.74, 6) is 4.80. The van der Waals surface area contributed by atoms with Gasteiger partial charge in [-0.1, -0.05) is 30.3 Å². The van der Waals surface area contributed by atoms with Crippen molar-refractivity contribution in [1.82, 2.24) is 5.43 Å². The molecule has 2 rings (SSSR count). The molecule has 19 heavy (non-hydrogen) atoms. The minimum Gasteiger partial charge on any atom is -0.271 e.